The van der Waals surface area contributed by atoms with Crippen molar-refractivity contribution in [2.45, 2.75) is 6.92 Å². The van der Waals surface area contributed by atoms with Crippen molar-refractivity contribution in [3.63, 3.8) is 0 Å². The zero-order valence-corrected chi connectivity index (χ0v) is 11.3. The lowest BCUT2D eigenvalue weighted by Gasteiger charge is -2.01. The van der Waals surface area contributed by atoms with Gasteiger partial charge < -0.3 is 5.11 Å². The normalized spacial score (nSPS) is 10.9. The number of nitrogens with zero attached hydrogens (tertiary/aromatic N) is 3. The van der Waals surface area contributed by atoms with E-state index < -0.39 is 5.97 Å². The highest BCUT2D eigenvalue weighted by molar-refractivity contribution is 14.1. The Morgan fingerprint density at radius 1 is 1.69 bits per heavy atom. The van der Waals surface area contributed by atoms with E-state index in [2.05, 4.69) is 32.6 Å². The minimum absolute atomic E-state index is 0.0244. The van der Waals surface area contributed by atoms with Crippen molar-refractivity contribution in [3.8, 4) is 0 Å². The summed E-state index contributed by atoms with van der Waals surface area (Å²) in [5, 5.41) is 9.04. The molecule has 16 heavy (non-hydrogen) atoms. The highest BCUT2D eigenvalue weighted by Crippen LogP contribution is 2.21. The Balaban J connectivity index is 2.70. The second kappa shape index (κ2) is 4.58. The van der Waals surface area contributed by atoms with E-state index in [1.54, 1.807) is 10.2 Å². The van der Waals surface area contributed by atoms with Crippen LogP contribution < -0.4 is 0 Å². The van der Waals surface area contributed by atoms with Crippen LogP contribution in [0.4, 0.5) is 0 Å². The maximum atomic E-state index is 11.0. The van der Waals surface area contributed by atoms with Gasteiger partial charge in [-0.05, 0) is 40.6 Å². The van der Waals surface area contributed by atoms with E-state index in [1.165, 1.54) is 11.9 Å². The van der Waals surface area contributed by atoms with Gasteiger partial charge in [0, 0.05) is 15.5 Å². The first-order valence-electron chi connectivity index (χ1n) is 4.54. The van der Waals surface area contributed by atoms with Crippen LogP contribution in [-0.4, -0.2) is 30.8 Å². The van der Waals surface area contributed by atoms with Gasteiger partial charge in [0.2, 0.25) is 5.82 Å². The number of aromatic carboxylic acids is 1. The third-order valence-electron chi connectivity index (χ3n) is 1.87. The molecule has 7 heteroatoms. The van der Waals surface area contributed by atoms with Gasteiger partial charge in [-0.15, -0.1) is 0 Å². The first-order valence-corrected chi connectivity index (χ1v) is 6.56. The molecule has 0 aliphatic rings. The predicted octanol–water partition coefficient (Wildman–Crippen LogP) is 2.25. The Bertz CT molecular complexity index is 555. The van der Waals surface area contributed by atoms with Crippen LogP contribution in [0.2, 0.25) is 0 Å². The van der Waals surface area contributed by atoms with E-state index in [9.17, 15) is 4.79 Å². The summed E-state index contributed by atoms with van der Waals surface area (Å²) in [4.78, 5) is 19.3. The lowest BCUT2D eigenvalue weighted by atomic mass is 10.4. The molecule has 0 fully saturated rings. The molecule has 0 amide bonds. The third-order valence-corrected chi connectivity index (χ3v) is 3.33. The van der Waals surface area contributed by atoms with Crippen LogP contribution in [0.5, 0.6) is 0 Å². The van der Waals surface area contributed by atoms with Crippen molar-refractivity contribution in [2.24, 2.45) is 0 Å². The number of carboxylic acids is 1. The van der Waals surface area contributed by atoms with Gasteiger partial charge in [0.25, 0.3) is 0 Å². The number of hydrogen-bond acceptors (Lipinski definition) is 4. The van der Waals surface area contributed by atoms with Gasteiger partial charge in [-0.2, -0.15) is 0 Å². The first-order chi connectivity index (χ1) is 7.63. The Morgan fingerprint density at radius 2 is 2.44 bits per heavy atom. The van der Waals surface area contributed by atoms with Crippen LogP contribution in [0.3, 0.4) is 0 Å². The fourth-order valence-electron chi connectivity index (χ4n) is 1.31. The van der Waals surface area contributed by atoms with Crippen LogP contribution in [0.15, 0.2) is 12.3 Å². The van der Waals surface area contributed by atoms with Crippen molar-refractivity contribution in [1.82, 2.24) is 13.9 Å². The van der Waals surface area contributed by atoms with Crippen molar-refractivity contribution in [1.29, 1.82) is 0 Å². The molecule has 0 saturated carbocycles. The van der Waals surface area contributed by atoms with Gasteiger partial charge in [-0.3, -0.25) is 0 Å². The molecule has 0 aromatic carbocycles. The number of rotatable bonds is 3. The van der Waals surface area contributed by atoms with E-state index in [-0.39, 0.29) is 5.82 Å². The molecular formula is C9H8IN3O2S. The molecule has 0 unspecified atom stereocenters. The van der Waals surface area contributed by atoms with Gasteiger partial charge in [-0.25, -0.2) is 18.7 Å². The summed E-state index contributed by atoms with van der Waals surface area (Å²) in [5.74, 6) is -0.246. The molecule has 1 N–H and O–H groups in total. The third kappa shape index (κ3) is 2.01. The molecule has 5 nitrogen and oxygen atoms in total. The molecule has 0 radical (unpaired) electrons. The molecular weight excluding hydrogens is 341 g/mol. The standard InChI is InChI=1S/C9H8IN3O2S/c1-2-16-13-7-6(3-5(10)4-11-7)12-8(13)9(14)15/h3-4H,2H2,1H3,(H,14,15). The minimum atomic E-state index is -1.03. The van der Waals surface area contributed by atoms with E-state index in [4.69, 9.17) is 5.11 Å². The molecule has 2 heterocycles. The second-order valence-corrected chi connectivity index (χ2v) is 5.40. The number of imidazole rings is 1. The summed E-state index contributed by atoms with van der Waals surface area (Å²) in [6.07, 6.45) is 1.70. The largest absolute Gasteiger partial charge is 0.475 e. The molecule has 0 aliphatic heterocycles. The molecule has 0 aliphatic carbocycles. The second-order valence-electron chi connectivity index (χ2n) is 2.95. The quantitative estimate of drug-likeness (QED) is 0.861. The molecule has 2 aromatic heterocycles. The number of aromatic nitrogens is 3. The Hall–Kier alpha value is -0.830. The van der Waals surface area contributed by atoms with Gasteiger partial charge >= 0.3 is 5.97 Å². The Kier molecular flexibility index (Phi) is 3.33. The first kappa shape index (κ1) is 11.6. The summed E-state index contributed by atoms with van der Waals surface area (Å²) in [6.45, 7) is 1.95. The van der Waals surface area contributed by atoms with E-state index in [1.807, 2.05) is 13.0 Å². The fraction of sp³-hybridized carbons (Fsp3) is 0.222. The van der Waals surface area contributed by atoms with Crippen LogP contribution in [-0.2, 0) is 0 Å². The molecule has 84 valence electrons. The highest BCUT2D eigenvalue weighted by atomic mass is 127. The lowest BCUT2D eigenvalue weighted by Crippen LogP contribution is -2.05. The smallest absolute Gasteiger partial charge is 0.373 e. The van der Waals surface area contributed by atoms with Crippen molar-refractivity contribution >= 4 is 51.7 Å². The highest BCUT2D eigenvalue weighted by Gasteiger charge is 2.17. The number of carboxylic acid groups (broad SMARTS) is 1. The van der Waals surface area contributed by atoms with Gasteiger partial charge in [0.1, 0.15) is 5.52 Å². The zero-order valence-electron chi connectivity index (χ0n) is 8.35. The summed E-state index contributed by atoms with van der Waals surface area (Å²) in [6, 6.07) is 1.82. The maximum Gasteiger partial charge on any atom is 0.373 e. The van der Waals surface area contributed by atoms with E-state index in [0.717, 1.165) is 9.32 Å². The number of pyridine rings is 1. The number of carbonyl (C=O) groups is 1. The van der Waals surface area contributed by atoms with Crippen molar-refractivity contribution in [3.05, 3.63) is 21.7 Å². The number of hydrogen-bond donors (Lipinski definition) is 1. The minimum Gasteiger partial charge on any atom is -0.475 e. The van der Waals surface area contributed by atoms with E-state index >= 15 is 0 Å². The number of fused-ring (bicyclic) bond motifs is 1. The van der Waals surface area contributed by atoms with Gasteiger partial charge in [-0.1, -0.05) is 6.92 Å². The topological polar surface area (TPSA) is 68.0 Å². The van der Waals surface area contributed by atoms with Gasteiger partial charge in [0.15, 0.2) is 5.65 Å². The molecule has 2 aromatic rings. The van der Waals surface area contributed by atoms with Crippen molar-refractivity contribution in [2.75, 3.05) is 5.75 Å². The van der Waals surface area contributed by atoms with E-state index in [0.29, 0.717) is 11.2 Å². The maximum absolute atomic E-state index is 11.0. The van der Waals surface area contributed by atoms with Crippen LogP contribution in [0.1, 0.15) is 17.5 Å². The molecule has 0 spiro atoms. The SMILES string of the molecule is CCSn1c(C(=O)O)nc2cc(I)cnc21. The van der Waals surface area contributed by atoms with Crippen LogP contribution >= 0.6 is 34.5 Å². The molecule has 0 bridgehead atoms. The zero-order chi connectivity index (χ0) is 11.7. The Morgan fingerprint density at radius 3 is 3.06 bits per heavy atom. The van der Waals surface area contributed by atoms with Crippen LogP contribution in [0.25, 0.3) is 11.2 Å². The average Bonchev–Trinajstić information content (AvgIpc) is 2.57. The summed E-state index contributed by atoms with van der Waals surface area (Å²) in [5.41, 5.74) is 1.22. The molecule has 2 rings (SSSR count). The van der Waals surface area contributed by atoms with Crippen LogP contribution in [0, 0.1) is 3.57 Å². The fourth-order valence-corrected chi connectivity index (χ4v) is 2.50. The molecule has 0 atom stereocenters. The predicted molar refractivity (Wildman–Crippen MR) is 70.7 cm³/mol. The summed E-state index contributed by atoms with van der Waals surface area (Å²) >= 11 is 3.50. The average molecular weight is 349 g/mol. The number of halogens is 1. The summed E-state index contributed by atoms with van der Waals surface area (Å²) in [7, 11) is 0. The lowest BCUT2D eigenvalue weighted by molar-refractivity contribution is 0.0684. The monoisotopic (exact) mass is 349 g/mol. The molecule has 0 saturated heterocycles. The summed E-state index contributed by atoms with van der Waals surface area (Å²) < 4.78 is 2.50. The Labute approximate surface area is 110 Å². The van der Waals surface area contributed by atoms with Crippen molar-refractivity contribution < 1.29 is 9.90 Å². The van der Waals surface area contributed by atoms with Gasteiger partial charge in [0.05, 0.1) is 0 Å².